The number of carbonyl (C=O) groups excluding carboxylic acids is 1. The van der Waals surface area contributed by atoms with Crippen molar-refractivity contribution in [3.63, 3.8) is 0 Å². The molecule has 0 bridgehead atoms. The number of thioether (sulfide) groups is 1. The number of hydrogen-bond acceptors (Lipinski definition) is 5. The van der Waals surface area contributed by atoms with Gasteiger partial charge in [-0.2, -0.15) is 0 Å². The Kier molecular flexibility index (Phi) is 6.80. The van der Waals surface area contributed by atoms with Crippen molar-refractivity contribution in [2.45, 2.75) is 37.8 Å². The molecule has 140 valence electrons. The minimum Gasteiger partial charge on any atom is -0.355 e. The van der Waals surface area contributed by atoms with Crippen molar-refractivity contribution in [1.82, 2.24) is 20.1 Å². The van der Waals surface area contributed by atoms with Crippen LogP contribution in [0, 0.1) is 0 Å². The number of rotatable bonds is 8. The third-order valence-corrected chi connectivity index (χ3v) is 5.53. The van der Waals surface area contributed by atoms with Crippen molar-refractivity contribution < 1.29 is 4.79 Å². The van der Waals surface area contributed by atoms with E-state index >= 15 is 0 Å². The van der Waals surface area contributed by atoms with Crippen LogP contribution in [0.4, 0.5) is 5.95 Å². The van der Waals surface area contributed by atoms with Crippen molar-refractivity contribution in [2.24, 2.45) is 0 Å². The monoisotopic (exact) mass is 393 g/mol. The second-order valence-electron chi connectivity index (χ2n) is 6.26. The Labute approximate surface area is 163 Å². The number of hydrogen-bond donors (Lipinski definition) is 1. The smallest absolute Gasteiger partial charge is 0.232 e. The van der Waals surface area contributed by atoms with Gasteiger partial charge in [-0.1, -0.05) is 48.8 Å². The van der Waals surface area contributed by atoms with Crippen molar-refractivity contribution in [2.75, 3.05) is 30.3 Å². The van der Waals surface area contributed by atoms with E-state index in [0.717, 1.165) is 50.4 Å². The molecule has 2 heterocycles. The zero-order chi connectivity index (χ0) is 18.4. The third-order valence-electron chi connectivity index (χ3n) is 4.28. The SMILES string of the molecule is CCCCNC(=O)CSc1nnc(N2CCCC2)n1-c1ccccc1Cl. The number of aromatic nitrogens is 3. The Morgan fingerprint density at radius 2 is 2.04 bits per heavy atom. The van der Waals surface area contributed by atoms with Crippen LogP contribution in [0.2, 0.25) is 5.02 Å². The van der Waals surface area contributed by atoms with Crippen LogP contribution < -0.4 is 10.2 Å². The van der Waals surface area contributed by atoms with Gasteiger partial charge in [0.25, 0.3) is 0 Å². The molecule has 0 radical (unpaired) electrons. The first-order chi connectivity index (χ1) is 12.7. The molecular formula is C18H24ClN5OS. The van der Waals surface area contributed by atoms with E-state index in [1.807, 2.05) is 28.8 Å². The Morgan fingerprint density at radius 3 is 2.77 bits per heavy atom. The van der Waals surface area contributed by atoms with Crippen LogP contribution in [0.3, 0.4) is 0 Å². The van der Waals surface area contributed by atoms with E-state index in [1.54, 1.807) is 0 Å². The second-order valence-corrected chi connectivity index (χ2v) is 7.61. The average molecular weight is 394 g/mol. The van der Waals surface area contributed by atoms with E-state index in [2.05, 4.69) is 27.3 Å². The lowest BCUT2D eigenvalue weighted by molar-refractivity contribution is -0.118. The van der Waals surface area contributed by atoms with Gasteiger partial charge < -0.3 is 10.2 Å². The molecule has 1 aromatic carbocycles. The van der Waals surface area contributed by atoms with Gasteiger partial charge in [0, 0.05) is 19.6 Å². The first-order valence-electron chi connectivity index (χ1n) is 9.05. The molecule has 1 fully saturated rings. The fourth-order valence-corrected chi connectivity index (χ4v) is 3.90. The normalized spacial score (nSPS) is 14.0. The van der Waals surface area contributed by atoms with E-state index in [4.69, 9.17) is 11.6 Å². The van der Waals surface area contributed by atoms with E-state index in [1.165, 1.54) is 11.8 Å². The highest BCUT2D eigenvalue weighted by molar-refractivity contribution is 7.99. The summed E-state index contributed by atoms with van der Waals surface area (Å²) in [5.74, 6) is 1.12. The molecule has 0 spiro atoms. The van der Waals surface area contributed by atoms with Crippen molar-refractivity contribution in [1.29, 1.82) is 0 Å². The van der Waals surface area contributed by atoms with Gasteiger partial charge in [0.05, 0.1) is 16.5 Å². The molecular weight excluding hydrogens is 370 g/mol. The third kappa shape index (κ3) is 4.51. The van der Waals surface area contributed by atoms with Gasteiger partial charge in [0.1, 0.15) is 0 Å². The fourth-order valence-electron chi connectivity index (χ4n) is 2.91. The highest BCUT2D eigenvalue weighted by atomic mass is 35.5. The van der Waals surface area contributed by atoms with Crippen LogP contribution in [0.25, 0.3) is 5.69 Å². The molecule has 8 heteroatoms. The van der Waals surface area contributed by atoms with Crippen LogP contribution >= 0.6 is 23.4 Å². The van der Waals surface area contributed by atoms with Gasteiger partial charge in [0.15, 0.2) is 5.16 Å². The highest BCUT2D eigenvalue weighted by Crippen LogP contribution is 2.31. The highest BCUT2D eigenvalue weighted by Gasteiger charge is 2.23. The number of anilines is 1. The van der Waals surface area contributed by atoms with Gasteiger partial charge in [-0.25, -0.2) is 0 Å². The van der Waals surface area contributed by atoms with Gasteiger partial charge in [-0.05, 0) is 31.4 Å². The summed E-state index contributed by atoms with van der Waals surface area (Å²) in [7, 11) is 0. The summed E-state index contributed by atoms with van der Waals surface area (Å²) in [6, 6.07) is 7.66. The van der Waals surface area contributed by atoms with E-state index < -0.39 is 0 Å². The molecule has 1 saturated heterocycles. The standard InChI is InChI=1S/C18H24ClN5OS/c1-2-3-10-20-16(25)13-26-18-22-21-17(23-11-6-7-12-23)24(18)15-9-5-4-8-14(15)19/h4-5,8-9H,2-3,6-7,10-13H2,1H3,(H,20,25). The lowest BCUT2D eigenvalue weighted by Gasteiger charge is -2.19. The van der Waals surface area contributed by atoms with Crippen LogP contribution in [0.1, 0.15) is 32.6 Å². The molecule has 1 aromatic heterocycles. The van der Waals surface area contributed by atoms with Gasteiger partial charge in [-0.15, -0.1) is 10.2 Å². The minimum absolute atomic E-state index is 0.0138. The molecule has 26 heavy (non-hydrogen) atoms. The molecule has 0 unspecified atom stereocenters. The van der Waals surface area contributed by atoms with Gasteiger partial charge >= 0.3 is 0 Å². The minimum atomic E-state index is 0.0138. The number of halogens is 1. The maximum atomic E-state index is 12.0. The summed E-state index contributed by atoms with van der Waals surface area (Å²) in [4.78, 5) is 14.3. The Balaban J connectivity index is 1.81. The predicted molar refractivity (Wildman–Crippen MR) is 106 cm³/mol. The molecule has 3 rings (SSSR count). The molecule has 1 N–H and O–H groups in total. The Bertz CT molecular complexity index is 745. The van der Waals surface area contributed by atoms with Crippen LogP contribution in [-0.4, -0.2) is 46.1 Å². The molecule has 0 atom stereocenters. The number of benzene rings is 1. The average Bonchev–Trinajstić information content (AvgIpc) is 3.30. The lowest BCUT2D eigenvalue weighted by Crippen LogP contribution is -2.26. The predicted octanol–water partition coefficient (Wildman–Crippen LogP) is 3.53. The number of nitrogens with one attached hydrogen (secondary N) is 1. The Morgan fingerprint density at radius 1 is 1.27 bits per heavy atom. The molecule has 6 nitrogen and oxygen atoms in total. The second kappa shape index (κ2) is 9.28. The van der Waals surface area contributed by atoms with Gasteiger partial charge in [0.2, 0.25) is 11.9 Å². The van der Waals surface area contributed by atoms with E-state index in [9.17, 15) is 4.79 Å². The van der Waals surface area contributed by atoms with Gasteiger partial charge in [-0.3, -0.25) is 9.36 Å². The largest absolute Gasteiger partial charge is 0.355 e. The van der Waals surface area contributed by atoms with Crippen LogP contribution in [0.15, 0.2) is 29.4 Å². The maximum Gasteiger partial charge on any atom is 0.232 e. The van der Waals surface area contributed by atoms with Crippen molar-refractivity contribution >= 4 is 35.2 Å². The molecule has 1 aliphatic heterocycles. The van der Waals surface area contributed by atoms with Crippen LogP contribution in [-0.2, 0) is 4.79 Å². The first-order valence-corrected chi connectivity index (χ1v) is 10.4. The quantitative estimate of drug-likeness (QED) is 0.549. The number of para-hydroxylation sites is 1. The fraction of sp³-hybridized carbons (Fsp3) is 0.500. The Hall–Kier alpha value is -1.73. The molecule has 1 amide bonds. The number of nitrogens with zero attached hydrogens (tertiary/aromatic N) is 4. The summed E-state index contributed by atoms with van der Waals surface area (Å²) in [6.07, 6.45) is 4.36. The van der Waals surface area contributed by atoms with E-state index in [0.29, 0.717) is 22.5 Å². The lowest BCUT2D eigenvalue weighted by atomic mass is 10.3. The number of carbonyl (C=O) groups is 1. The summed E-state index contributed by atoms with van der Waals surface area (Å²) < 4.78 is 1.97. The summed E-state index contributed by atoms with van der Waals surface area (Å²) in [6.45, 7) is 4.74. The number of amides is 1. The van der Waals surface area contributed by atoms with Crippen molar-refractivity contribution in [3.8, 4) is 5.69 Å². The zero-order valence-corrected chi connectivity index (χ0v) is 16.5. The van der Waals surface area contributed by atoms with E-state index in [-0.39, 0.29) is 5.91 Å². The zero-order valence-electron chi connectivity index (χ0n) is 14.9. The molecule has 0 saturated carbocycles. The molecule has 2 aromatic rings. The topological polar surface area (TPSA) is 63.1 Å². The summed E-state index contributed by atoms with van der Waals surface area (Å²) >= 11 is 7.82. The summed E-state index contributed by atoms with van der Waals surface area (Å²) in [5, 5.41) is 13.0. The molecule has 0 aliphatic carbocycles. The molecule has 1 aliphatic rings. The van der Waals surface area contributed by atoms with Crippen LogP contribution in [0.5, 0.6) is 0 Å². The summed E-state index contributed by atoms with van der Waals surface area (Å²) in [5.41, 5.74) is 0.843. The maximum absolute atomic E-state index is 12.0. The van der Waals surface area contributed by atoms with Crippen molar-refractivity contribution in [3.05, 3.63) is 29.3 Å². The number of unbranched alkanes of at least 4 members (excludes halogenated alkanes) is 1. The first kappa shape index (κ1) is 19.0.